The van der Waals surface area contributed by atoms with E-state index in [2.05, 4.69) is 6.92 Å². The summed E-state index contributed by atoms with van der Waals surface area (Å²) in [5, 5.41) is 0. The van der Waals surface area contributed by atoms with Gasteiger partial charge >= 0.3 is 0 Å². The van der Waals surface area contributed by atoms with Crippen LogP contribution in [0.25, 0.3) is 0 Å². The fourth-order valence-electron chi connectivity index (χ4n) is 3.18. The average molecular weight is 288 g/mol. The summed E-state index contributed by atoms with van der Waals surface area (Å²) in [6.45, 7) is 2.58. The molecule has 21 heavy (non-hydrogen) atoms. The first-order chi connectivity index (χ1) is 10.2. The molecule has 1 fully saturated rings. The number of hydrogen-bond acceptors (Lipinski definition) is 3. The molecule has 1 aromatic carbocycles. The van der Waals surface area contributed by atoms with Crippen molar-refractivity contribution in [3.63, 3.8) is 0 Å². The highest BCUT2D eigenvalue weighted by Gasteiger charge is 2.34. The number of benzene rings is 1. The van der Waals surface area contributed by atoms with Crippen molar-refractivity contribution in [1.29, 1.82) is 0 Å². The van der Waals surface area contributed by atoms with Crippen LogP contribution in [0.3, 0.4) is 0 Å². The third-order valence-electron chi connectivity index (χ3n) is 4.63. The van der Waals surface area contributed by atoms with Crippen LogP contribution in [0.1, 0.15) is 62.2 Å². The predicted molar refractivity (Wildman–Crippen MR) is 82.8 cm³/mol. The lowest BCUT2D eigenvalue weighted by Gasteiger charge is -2.26. The first-order valence-corrected chi connectivity index (χ1v) is 7.89. The molecule has 0 saturated heterocycles. The van der Waals surface area contributed by atoms with Gasteiger partial charge in [0.15, 0.2) is 5.78 Å². The number of carbonyl (C=O) groups is 2. The smallest absolute Gasteiger partial charge is 0.163 e. The van der Waals surface area contributed by atoms with E-state index >= 15 is 0 Å². The largest absolute Gasteiger partial charge is 0.493 e. The zero-order chi connectivity index (χ0) is 15.1. The Bertz CT molecular complexity index is 470. The quantitative estimate of drug-likeness (QED) is 0.409. The molecular formula is C18H24O3. The maximum Gasteiger partial charge on any atom is 0.163 e. The minimum atomic E-state index is 0.232. The summed E-state index contributed by atoms with van der Waals surface area (Å²) in [5.74, 6) is 0.942. The van der Waals surface area contributed by atoms with Crippen LogP contribution in [-0.2, 0) is 4.79 Å². The van der Waals surface area contributed by atoms with Crippen molar-refractivity contribution >= 4 is 12.1 Å². The van der Waals surface area contributed by atoms with Gasteiger partial charge in [0.25, 0.3) is 0 Å². The molecule has 1 aliphatic rings. The molecule has 114 valence electrons. The molecule has 0 spiro atoms. The van der Waals surface area contributed by atoms with Gasteiger partial charge in [-0.25, -0.2) is 0 Å². The van der Waals surface area contributed by atoms with E-state index in [9.17, 15) is 9.59 Å². The Morgan fingerprint density at radius 1 is 1.24 bits per heavy atom. The maximum absolute atomic E-state index is 12.4. The molecule has 0 N–H and O–H groups in total. The average Bonchev–Trinajstić information content (AvgIpc) is 2.97. The van der Waals surface area contributed by atoms with Gasteiger partial charge in [0, 0.05) is 18.4 Å². The Morgan fingerprint density at radius 3 is 2.48 bits per heavy atom. The molecule has 3 nitrogen and oxygen atoms in total. The van der Waals surface area contributed by atoms with Crippen molar-refractivity contribution in [3.8, 4) is 5.75 Å². The Morgan fingerprint density at radius 2 is 1.90 bits per heavy atom. The summed E-state index contributed by atoms with van der Waals surface area (Å²) >= 11 is 0. The van der Waals surface area contributed by atoms with E-state index in [1.165, 1.54) is 25.7 Å². The molecule has 0 aliphatic heterocycles. The molecule has 0 aromatic heterocycles. The number of aldehydes is 1. The van der Waals surface area contributed by atoms with Crippen LogP contribution in [0.15, 0.2) is 24.3 Å². The number of rotatable bonds is 8. The lowest BCUT2D eigenvalue weighted by Crippen LogP contribution is -2.20. The summed E-state index contributed by atoms with van der Waals surface area (Å²) < 4.78 is 5.41. The number of hydrogen-bond donors (Lipinski definition) is 0. The van der Waals surface area contributed by atoms with Crippen molar-refractivity contribution in [2.24, 2.45) is 5.41 Å². The maximum atomic E-state index is 12.4. The van der Waals surface area contributed by atoms with Gasteiger partial charge in [-0.1, -0.05) is 26.2 Å². The summed E-state index contributed by atoms with van der Waals surface area (Å²) in [5.41, 5.74) is 0.994. The third kappa shape index (κ3) is 4.16. The number of ketones is 1. The summed E-state index contributed by atoms with van der Waals surface area (Å²) in [7, 11) is 0. The molecule has 0 bridgehead atoms. The van der Waals surface area contributed by atoms with E-state index in [1.807, 2.05) is 24.3 Å². The standard InChI is InChI=1S/C18H24O3/c1-2-18(10-3-4-11-18)14-17(20)15-6-8-16(9-7-15)21-13-5-12-19/h6-9,12H,2-5,10-11,13-14H2,1H3. The lowest BCUT2D eigenvalue weighted by atomic mass is 9.78. The highest BCUT2D eigenvalue weighted by atomic mass is 16.5. The Hall–Kier alpha value is -1.64. The van der Waals surface area contributed by atoms with Crippen LogP contribution < -0.4 is 4.74 Å². The van der Waals surface area contributed by atoms with Crippen LogP contribution in [0.4, 0.5) is 0 Å². The summed E-state index contributed by atoms with van der Waals surface area (Å²) in [6.07, 6.45) is 7.85. The second-order valence-corrected chi connectivity index (χ2v) is 5.99. The molecular weight excluding hydrogens is 264 g/mol. The second kappa shape index (κ2) is 7.39. The van der Waals surface area contributed by atoms with Crippen LogP contribution in [-0.4, -0.2) is 18.7 Å². The molecule has 0 unspecified atom stereocenters. The Kier molecular flexibility index (Phi) is 5.54. The third-order valence-corrected chi connectivity index (χ3v) is 4.63. The molecule has 0 amide bonds. The van der Waals surface area contributed by atoms with Gasteiger partial charge in [0.1, 0.15) is 12.0 Å². The van der Waals surface area contributed by atoms with E-state index < -0.39 is 0 Å². The van der Waals surface area contributed by atoms with Crippen LogP contribution in [0, 0.1) is 5.41 Å². The molecule has 1 aromatic rings. The van der Waals surface area contributed by atoms with Crippen molar-refractivity contribution in [2.75, 3.05) is 6.61 Å². The molecule has 1 saturated carbocycles. The van der Waals surface area contributed by atoms with Gasteiger partial charge in [-0.2, -0.15) is 0 Å². The molecule has 0 radical (unpaired) electrons. The first kappa shape index (κ1) is 15.7. The summed E-state index contributed by atoms with van der Waals surface area (Å²) in [4.78, 5) is 22.7. The Balaban J connectivity index is 1.94. The van der Waals surface area contributed by atoms with Crippen LogP contribution in [0.5, 0.6) is 5.75 Å². The molecule has 3 heteroatoms. The van der Waals surface area contributed by atoms with Gasteiger partial charge in [-0.3, -0.25) is 4.79 Å². The lowest BCUT2D eigenvalue weighted by molar-refractivity contribution is -0.108. The molecule has 2 rings (SSSR count). The second-order valence-electron chi connectivity index (χ2n) is 5.99. The van der Waals surface area contributed by atoms with E-state index in [1.54, 1.807) is 0 Å². The van der Waals surface area contributed by atoms with Gasteiger partial charge in [0.2, 0.25) is 0 Å². The first-order valence-electron chi connectivity index (χ1n) is 7.89. The zero-order valence-corrected chi connectivity index (χ0v) is 12.8. The van der Waals surface area contributed by atoms with Gasteiger partial charge in [0.05, 0.1) is 6.61 Å². The van der Waals surface area contributed by atoms with Crippen LogP contribution in [0.2, 0.25) is 0 Å². The van der Waals surface area contributed by atoms with E-state index in [0.29, 0.717) is 25.2 Å². The SMILES string of the molecule is CCC1(CC(=O)c2ccc(OCCC=O)cc2)CCCC1. The highest BCUT2D eigenvalue weighted by molar-refractivity contribution is 5.96. The minimum Gasteiger partial charge on any atom is -0.493 e. The normalized spacial score (nSPS) is 16.6. The van der Waals surface area contributed by atoms with Gasteiger partial charge in [-0.15, -0.1) is 0 Å². The Labute approximate surface area is 126 Å². The van der Waals surface area contributed by atoms with Crippen molar-refractivity contribution in [1.82, 2.24) is 0 Å². The molecule has 0 atom stereocenters. The summed E-state index contributed by atoms with van der Waals surface area (Å²) in [6, 6.07) is 7.28. The van der Waals surface area contributed by atoms with Crippen LogP contribution >= 0.6 is 0 Å². The number of Topliss-reactive ketones (excluding diaryl/α,β-unsaturated/α-hetero) is 1. The van der Waals surface area contributed by atoms with E-state index in [4.69, 9.17) is 4.74 Å². The fraction of sp³-hybridized carbons (Fsp3) is 0.556. The number of ether oxygens (including phenoxy) is 1. The monoisotopic (exact) mass is 288 g/mol. The van der Waals surface area contributed by atoms with Crippen molar-refractivity contribution < 1.29 is 14.3 Å². The zero-order valence-electron chi connectivity index (χ0n) is 12.8. The van der Waals surface area contributed by atoms with Gasteiger partial charge < -0.3 is 9.53 Å². The highest BCUT2D eigenvalue weighted by Crippen LogP contribution is 2.44. The fourth-order valence-corrected chi connectivity index (χ4v) is 3.18. The minimum absolute atomic E-state index is 0.232. The topological polar surface area (TPSA) is 43.4 Å². The van der Waals surface area contributed by atoms with Gasteiger partial charge in [-0.05, 0) is 42.5 Å². The van der Waals surface area contributed by atoms with Crippen molar-refractivity contribution in [3.05, 3.63) is 29.8 Å². The van der Waals surface area contributed by atoms with Crippen molar-refractivity contribution in [2.45, 2.75) is 51.9 Å². The molecule has 0 heterocycles. The predicted octanol–water partition coefficient (Wildman–Crippen LogP) is 4.20. The number of carbonyl (C=O) groups excluding carboxylic acids is 2. The molecule has 1 aliphatic carbocycles. The van der Waals surface area contributed by atoms with E-state index in [0.717, 1.165) is 18.3 Å². The van der Waals surface area contributed by atoms with E-state index in [-0.39, 0.29) is 11.2 Å².